The molecule has 0 aliphatic carbocycles. The van der Waals surface area contributed by atoms with E-state index in [9.17, 15) is 0 Å². The van der Waals surface area contributed by atoms with Gasteiger partial charge in [-0.25, -0.2) is 0 Å². The number of nitrogens with two attached hydrogens (primary N) is 1. The SMILES string of the molecule is CC(C)[C@@H](N)c1cc2c(Cl)cccc2o1. The van der Waals surface area contributed by atoms with Gasteiger partial charge in [0.15, 0.2) is 0 Å². The second kappa shape index (κ2) is 3.87. The molecule has 0 amide bonds. The zero-order valence-electron chi connectivity index (χ0n) is 8.83. The summed E-state index contributed by atoms with van der Waals surface area (Å²) in [4.78, 5) is 0. The summed E-state index contributed by atoms with van der Waals surface area (Å²) in [7, 11) is 0. The Bertz CT molecular complexity index is 475. The summed E-state index contributed by atoms with van der Waals surface area (Å²) in [6, 6.07) is 7.48. The zero-order valence-corrected chi connectivity index (χ0v) is 9.58. The maximum Gasteiger partial charge on any atom is 0.135 e. The highest BCUT2D eigenvalue weighted by Gasteiger charge is 2.16. The summed E-state index contributed by atoms with van der Waals surface area (Å²) in [6.45, 7) is 4.14. The van der Waals surface area contributed by atoms with Crippen LogP contribution in [0.3, 0.4) is 0 Å². The molecule has 0 radical (unpaired) electrons. The first-order valence-corrected chi connectivity index (χ1v) is 5.41. The highest BCUT2D eigenvalue weighted by Crippen LogP contribution is 2.30. The molecule has 0 bridgehead atoms. The highest BCUT2D eigenvalue weighted by atomic mass is 35.5. The standard InChI is InChI=1S/C12H14ClNO/c1-7(2)12(14)11-6-8-9(13)4-3-5-10(8)15-11/h3-7,12H,14H2,1-2H3/t12-/m1/s1. The van der Waals surface area contributed by atoms with Gasteiger partial charge in [-0.2, -0.15) is 0 Å². The molecule has 0 unspecified atom stereocenters. The first kappa shape index (κ1) is 10.5. The fourth-order valence-electron chi connectivity index (χ4n) is 1.54. The van der Waals surface area contributed by atoms with E-state index in [1.54, 1.807) is 0 Å². The Morgan fingerprint density at radius 1 is 1.33 bits per heavy atom. The van der Waals surface area contributed by atoms with E-state index in [4.69, 9.17) is 21.8 Å². The number of fused-ring (bicyclic) bond motifs is 1. The number of hydrogen-bond acceptors (Lipinski definition) is 2. The lowest BCUT2D eigenvalue weighted by Crippen LogP contribution is -2.15. The van der Waals surface area contributed by atoms with Crippen LogP contribution in [-0.4, -0.2) is 0 Å². The van der Waals surface area contributed by atoms with Gasteiger partial charge in [0.25, 0.3) is 0 Å². The first-order valence-electron chi connectivity index (χ1n) is 5.03. The van der Waals surface area contributed by atoms with Crippen LogP contribution in [-0.2, 0) is 0 Å². The van der Waals surface area contributed by atoms with Gasteiger partial charge < -0.3 is 10.2 Å². The van der Waals surface area contributed by atoms with Gasteiger partial charge >= 0.3 is 0 Å². The second-order valence-electron chi connectivity index (χ2n) is 4.07. The fraction of sp³-hybridized carbons (Fsp3) is 0.333. The van der Waals surface area contributed by atoms with Crippen LogP contribution < -0.4 is 5.73 Å². The van der Waals surface area contributed by atoms with Crippen LogP contribution in [0.5, 0.6) is 0 Å². The number of hydrogen-bond donors (Lipinski definition) is 1. The van der Waals surface area contributed by atoms with Crippen LogP contribution in [0.4, 0.5) is 0 Å². The first-order chi connectivity index (χ1) is 7.09. The van der Waals surface area contributed by atoms with Crippen LogP contribution in [0.25, 0.3) is 11.0 Å². The summed E-state index contributed by atoms with van der Waals surface area (Å²) in [5, 5.41) is 1.64. The van der Waals surface area contributed by atoms with Crippen molar-refractivity contribution < 1.29 is 4.42 Å². The van der Waals surface area contributed by atoms with Gasteiger partial charge in [0.1, 0.15) is 11.3 Å². The second-order valence-corrected chi connectivity index (χ2v) is 4.48. The van der Waals surface area contributed by atoms with Crippen molar-refractivity contribution in [2.24, 2.45) is 11.7 Å². The van der Waals surface area contributed by atoms with Gasteiger partial charge in [-0.3, -0.25) is 0 Å². The minimum absolute atomic E-state index is 0.0755. The number of rotatable bonds is 2. The Hall–Kier alpha value is -0.990. The molecule has 0 fully saturated rings. The van der Waals surface area contributed by atoms with E-state index in [-0.39, 0.29) is 6.04 Å². The topological polar surface area (TPSA) is 39.2 Å². The summed E-state index contributed by atoms with van der Waals surface area (Å²) in [5.74, 6) is 1.15. The average molecular weight is 224 g/mol. The third-order valence-corrected chi connectivity index (χ3v) is 2.90. The van der Waals surface area contributed by atoms with E-state index in [0.29, 0.717) is 10.9 Å². The predicted molar refractivity (Wildman–Crippen MR) is 63.0 cm³/mol. The lowest BCUT2D eigenvalue weighted by atomic mass is 10.0. The van der Waals surface area contributed by atoms with Gasteiger partial charge in [-0.1, -0.05) is 31.5 Å². The van der Waals surface area contributed by atoms with Gasteiger partial charge in [0.2, 0.25) is 0 Å². The number of halogens is 1. The van der Waals surface area contributed by atoms with E-state index in [0.717, 1.165) is 16.7 Å². The molecule has 2 nitrogen and oxygen atoms in total. The lowest BCUT2D eigenvalue weighted by Gasteiger charge is -2.11. The van der Waals surface area contributed by atoms with E-state index >= 15 is 0 Å². The maximum atomic E-state index is 6.05. The van der Waals surface area contributed by atoms with Crippen LogP contribution >= 0.6 is 11.6 Å². The molecular formula is C12H14ClNO. The van der Waals surface area contributed by atoms with Gasteiger partial charge in [0, 0.05) is 5.39 Å². The summed E-state index contributed by atoms with van der Waals surface area (Å²) in [5.41, 5.74) is 6.81. The molecular weight excluding hydrogens is 210 g/mol. The Morgan fingerprint density at radius 3 is 2.67 bits per heavy atom. The Balaban J connectivity index is 2.52. The van der Waals surface area contributed by atoms with Gasteiger partial charge in [-0.15, -0.1) is 0 Å². The van der Waals surface area contributed by atoms with Crippen LogP contribution in [0.2, 0.25) is 5.02 Å². The van der Waals surface area contributed by atoms with Crippen molar-refractivity contribution in [3.63, 3.8) is 0 Å². The average Bonchev–Trinajstić information content (AvgIpc) is 2.61. The van der Waals surface area contributed by atoms with Crippen LogP contribution in [0, 0.1) is 5.92 Å². The monoisotopic (exact) mass is 223 g/mol. The van der Waals surface area contributed by atoms with Crippen molar-refractivity contribution in [2.75, 3.05) is 0 Å². The number of furan rings is 1. The maximum absolute atomic E-state index is 6.05. The normalized spacial score (nSPS) is 13.7. The Kier molecular flexibility index (Phi) is 2.72. The molecule has 3 heteroatoms. The van der Waals surface area contributed by atoms with Crippen molar-refractivity contribution in [3.8, 4) is 0 Å². The fourth-order valence-corrected chi connectivity index (χ4v) is 1.76. The van der Waals surface area contributed by atoms with E-state index in [2.05, 4.69) is 13.8 Å². The number of benzene rings is 1. The minimum atomic E-state index is -0.0755. The summed E-state index contributed by atoms with van der Waals surface area (Å²) in [6.07, 6.45) is 0. The van der Waals surface area contributed by atoms with Gasteiger partial charge in [-0.05, 0) is 24.1 Å². The third kappa shape index (κ3) is 1.87. The molecule has 0 saturated heterocycles. The van der Waals surface area contributed by atoms with E-state index < -0.39 is 0 Å². The molecule has 1 atom stereocenters. The van der Waals surface area contributed by atoms with Crippen molar-refractivity contribution in [2.45, 2.75) is 19.9 Å². The largest absolute Gasteiger partial charge is 0.459 e. The van der Waals surface area contributed by atoms with Crippen LogP contribution in [0.15, 0.2) is 28.7 Å². The molecule has 2 aromatic rings. The molecule has 80 valence electrons. The molecule has 2 N–H and O–H groups in total. The van der Waals surface area contributed by atoms with E-state index in [1.807, 2.05) is 24.3 Å². The quantitative estimate of drug-likeness (QED) is 0.843. The van der Waals surface area contributed by atoms with Crippen LogP contribution in [0.1, 0.15) is 25.6 Å². The van der Waals surface area contributed by atoms with Gasteiger partial charge in [0.05, 0.1) is 11.1 Å². The summed E-state index contributed by atoms with van der Waals surface area (Å²) < 4.78 is 5.66. The lowest BCUT2D eigenvalue weighted by molar-refractivity contribution is 0.418. The molecule has 15 heavy (non-hydrogen) atoms. The highest BCUT2D eigenvalue weighted by molar-refractivity contribution is 6.35. The Labute approximate surface area is 94.0 Å². The van der Waals surface area contributed by atoms with Crippen molar-refractivity contribution >= 4 is 22.6 Å². The molecule has 0 aliphatic heterocycles. The molecule has 1 aromatic heterocycles. The van der Waals surface area contributed by atoms with Crippen molar-refractivity contribution in [3.05, 3.63) is 35.0 Å². The predicted octanol–water partition coefficient (Wildman–Crippen LogP) is 3.74. The molecule has 2 rings (SSSR count). The minimum Gasteiger partial charge on any atom is -0.459 e. The van der Waals surface area contributed by atoms with Crippen molar-refractivity contribution in [1.82, 2.24) is 0 Å². The molecule has 0 saturated carbocycles. The zero-order chi connectivity index (χ0) is 11.0. The smallest absolute Gasteiger partial charge is 0.135 e. The molecule has 1 aromatic carbocycles. The van der Waals surface area contributed by atoms with E-state index in [1.165, 1.54) is 0 Å². The Morgan fingerprint density at radius 2 is 2.07 bits per heavy atom. The van der Waals surface area contributed by atoms with Crippen molar-refractivity contribution in [1.29, 1.82) is 0 Å². The molecule has 1 heterocycles. The third-order valence-electron chi connectivity index (χ3n) is 2.57. The summed E-state index contributed by atoms with van der Waals surface area (Å²) >= 11 is 6.05. The molecule has 0 aliphatic rings. The molecule has 0 spiro atoms.